The van der Waals surface area contributed by atoms with Crippen molar-refractivity contribution in [3.63, 3.8) is 0 Å². The lowest BCUT2D eigenvalue weighted by Crippen LogP contribution is -2.27. The highest BCUT2D eigenvalue weighted by molar-refractivity contribution is 5.72. The fraction of sp³-hybridized carbons (Fsp3) is 0.357. The average Bonchev–Trinajstić information content (AvgIpc) is 2.89. The fourth-order valence-electron chi connectivity index (χ4n) is 2.42. The lowest BCUT2D eigenvalue weighted by Gasteiger charge is -2.19. The van der Waals surface area contributed by atoms with E-state index in [0.717, 1.165) is 5.82 Å². The first kappa shape index (κ1) is 12.8. The predicted molar refractivity (Wildman–Crippen MR) is 69.2 cm³/mol. The molecule has 0 N–H and O–H groups in total. The van der Waals surface area contributed by atoms with E-state index in [4.69, 9.17) is 4.74 Å². The van der Waals surface area contributed by atoms with Gasteiger partial charge in [-0.25, -0.2) is 14.1 Å². The number of carbonyl (C=O) groups excluding carboxylic acids is 1. The van der Waals surface area contributed by atoms with Crippen molar-refractivity contribution in [1.82, 2.24) is 14.8 Å². The van der Waals surface area contributed by atoms with Crippen molar-refractivity contribution >= 4 is 5.97 Å². The SMILES string of the molecule is COC(=O)C1CCn2nc(-c3cccc(F)c3)nc2C1. The molecule has 1 unspecified atom stereocenters. The Morgan fingerprint density at radius 3 is 3.10 bits per heavy atom. The number of methoxy groups -OCH3 is 1. The first-order valence-electron chi connectivity index (χ1n) is 6.45. The van der Waals surface area contributed by atoms with Gasteiger partial charge in [0.25, 0.3) is 0 Å². The Kier molecular flexibility index (Phi) is 3.22. The Hall–Kier alpha value is -2.24. The second kappa shape index (κ2) is 5.03. The summed E-state index contributed by atoms with van der Waals surface area (Å²) in [4.78, 5) is 16.0. The molecule has 0 amide bonds. The maximum absolute atomic E-state index is 13.2. The Labute approximate surface area is 115 Å². The average molecular weight is 275 g/mol. The van der Waals surface area contributed by atoms with Crippen LogP contribution in [0.25, 0.3) is 11.4 Å². The number of carbonyl (C=O) groups is 1. The molecule has 0 aliphatic carbocycles. The van der Waals surface area contributed by atoms with Crippen LogP contribution in [0.1, 0.15) is 12.2 Å². The number of benzene rings is 1. The first-order valence-corrected chi connectivity index (χ1v) is 6.45. The summed E-state index contributed by atoms with van der Waals surface area (Å²) in [5, 5.41) is 4.37. The zero-order chi connectivity index (χ0) is 14.1. The summed E-state index contributed by atoms with van der Waals surface area (Å²) in [5.74, 6) is 0.530. The standard InChI is InChI=1S/C14H14FN3O2/c1-20-14(19)10-5-6-18-12(8-10)16-13(17-18)9-3-2-4-11(15)7-9/h2-4,7,10H,5-6,8H2,1H3. The molecular formula is C14H14FN3O2. The number of nitrogens with zero attached hydrogens (tertiary/aromatic N) is 3. The maximum Gasteiger partial charge on any atom is 0.309 e. The molecule has 0 bridgehead atoms. The zero-order valence-electron chi connectivity index (χ0n) is 11.0. The smallest absolute Gasteiger partial charge is 0.309 e. The molecule has 1 aliphatic rings. The van der Waals surface area contributed by atoms with Gasteiger partial charge in [-0.15, -0.1) is 0 Å². The van der Waals surface area contributed by atoms with E-state index in [9.17, 15) is 9.18 Å². The van der Waals surface area contributed by atoms with Crippen LogP contribution >= 0.6 is 0 Å². The number of hydrogen-bond acceptors (Lipinski definition) is 4. The minimum absolute atomic E-state index is 0.169. The summed E-state index contributed by atoms with van der Waals surface area (Å²) in [6, 6.07) is 6.18. The van der Waals surface area contributed by atoms with E-state index in [1.165, 1.54) is 19.2 Å². The molecule has 0 saturated carbocycles. The van der Waals surface area contributed by atoms with Gasteiger partial charge in [0.2, 0.25) is 0 Å². The van der Waals surface area contributed by atoms with E-state index in [0.29, 0.717) is 30.8 Å². The van der Waals surface area contributed by atoms with E-state index in [1.54, 1.807) is 16.8 Å². The van der Waals surface area contributed by atoms with Crippen molar-refractivity contribution in [3.8, 4) is 11.4 Å². The summed E-state index contributed by atoms with van der Waals surface area (Å²) < 4.78 is 19.8. The van der Waals surface area contributed by atoms with Crippen molar-refractivity contribution in [3.05, 3.63) is 35.9 Å². The molecular weight excluding hydrogens is 261 g/mol. The Morgan fingerprint density at radius 2 is 2.35 bits per heavy atom. The van der Waals surface area contributed by atoms with Crippen molar-refractivity contribution < 1.29 is 13.9 Å². The summed E-state index contributed by atoms with van der Waals surface area (Å²) >= 11 is 0. The van der Waals surface area contributed by atoms with E-state index < -0.39 is 0 Å². The molecule has 0 spiro atoms. The first-order chi connectivity index (χ1) is 9.67. The van der Waals surface area contributed by atoms with Crippen molar-refractivity contribution in [2.75, 3.05) is 7.11 Å². The van der Waals surface area contributed by atoms with Gasteiger partial charge in [-0.1, -0.05) is 12.1 Å². The molecule has 5 nitrogen and oxygen atoms in total. The van der Waals surface area contributed by atoms with Gasteiger partial charge in [-0.05, 0) is 18.6 Å². The second-order valence-electron chi connectivity index (χ2n) is 4.80. The Bertz CT molecular complexity index is 654. The van der Waals surface area contributed by atoms with Crippen LogP contribution < -0.4 is 0 Å². The molecule has 0 fully saturated rings. The van der Waals surface area contributed by atoms with Crippen molar-refractivity contribution in [2.24, 2.45) is 5.92 Å². The second-order valence-corrected chi connectivity index (χ2v) is 4.80. The molecule has 104 valence electrons. The molecule has 20 heavy (non-hydrogen) atoms. The quantitative estimate of drug-likeness (QED) is 0.784. The molecule has 6 heteroatoms. The van der Waals surface area contributed by atoms with Crippen molar-refractivity contribution in [1.29, 1.82) is 0 Å². The molecule has 0 saturated heterocycles. The van der Waals surface area contributed by atoms with Gasteiger partial charge in [-0.3, -0.25) is 4.79 Å². The molecule has 0 radical (unpaired) electrons. The Balaban J connectivity index is 1.89. The van der Waals surface area contributed by atoms with Crippen molar-refractivity contribution in [2.45, 2.75) is 19.4 Å². The number of rotatable bonds is 2. The van der Waals surface area contributed by atoms with Crippen LogP contribution in [0.4, 0.5) is 4.39 Å². The molecule has 3 rings (SSSR count). The summed E-state index contributed by atoms with van der Waals surface area (Å²) in [6.07, 6.45) is 1.20. The number of esters is 1. The molecule has 2 heterocycles. The number of hydrogen-bond donors (Lipinski definition) is 0. The third-order valence-corrected chi connectivity index (χ3v) is 3.48. The highest BCUT2D eigenvalue weighted by atomic mass is 19.1. The third kappa shape index (κ3) is 2.29. The van der Waals surface area contributed by atoms with E-state index in [-0.39, 0.29) is 17.7 Å². The Morgan fingerprint density at radius 1 is 1.50 bits per heavy atom. The number of ether oxygens (including phenoxy) is 1. The highest BCUT2D eigenvalue weighted by Gasteiger charge is 2.27. The van der Waals surface area contributed by atoms with Gasteiger partial charge in [0.15, 0.2) is 5.82 Å². The largest absolute Gasteiger partial charge is 0.469 e. The number of aromatic nitrogens is 3. The highest BCUT2D eigenvalue weighted by Crippen LogP contribution is 2.23. The van der Waals surface area contributed by atoms with Crippen LogP contribution in [-0.2, 0) is 22.5 Å². The van der Waals surface area contributed by atoms with Crippen LogP contribution in [0.15, 0.2) is 24.3 Å². The van der Waals surface area contributed by atoms with Gasteiger partial charge in [0, 0.05) is 18.5 Å². The van der Waals surface area contributed by atoms with Gasteiger partial charge in [-0.2, -0.15) is 5.10 Å². The van der Waals surface area contributed by atoms with E-state index in [1.807, 2.05) is 0 Å². The molecule has 1 aliphatic heterocycles. The predicted octanol–water partition coefficient (Wildman–Crippen LogP) is 1.82. The summed E-state index contributed by atoms with van der Waals surface area (Å²) in [5.41, 5.74) is 0.640. The molecule has 1 aromatic heterocycles. The van der Waals surface area contributed by atoms with Crippen LogP contribution in [0.5, 0.6) is 0 Å². The topological polar surface area (TPSA) is 57.0 Å². The maximum atomic E-state index is 13.2. The monoisotopic (exact) mass is 275 g/mol. The normalized spacial score (nSPS) is 17.6. The van der Waals surface area contributed by atoms with Crippen LogP contribution in [0.2, 0.25) is 0 Å². The van der Waals surface area contributed by atoms with Gasteiger partial charge >= 0.3 is 5.97 Å². The number of aryl methyl sites for hydroxylation is 1. The lowest BCUT2D eigenvalue weighted by atomic mass is 9.98. The van der Waals surface area contributed by atoms with E-state index in [2.05, 4.69) is 10.1 Å². The molecule has 2 aromatic rings. The summed E-state index contributed by atoms with van der Waals surface area (Å²) in [7, 11) is 1.39. The van der Waals surface area contributed by atoms with E-state index >= 15 is 0 Å². The number of fused-ring (bicyclic) bond motifs is 1. The van der Waals surface area contributed by atoms with Crippen LogP contribution in [0, 0.1) is 11.7 Å². The zero-order valence-corrected chi connectivity index (χ0v) is 11.0. The summed E-state index contributed by atoms with van der Waals surface area (Å²) in [6.45, 7) is 0.622. The van der Waals surface area contributed by atoms with Crippen LogP contribution in [0.3, 0.4) is 0 Å². The lowest BCUT2D eigenvalue weighted by molar-refractivity contribution is -0.146. The fourth-order valence-corrected chi connectivity index (χ4v) is 2.42. The molecule has 1 atom stereocenters. The van der Waals surface area contributed by atoms with Gasteiger partial charge in [0.05, 0.1) is 13.0 Å². The van der Waals surface area contributed by atoms with Gasteiger partial charge in [0.1, 0.15) is 11.6 Å². The molecule has 1 aromatic carbocycles. The minimum atomic E-state index is -0.317. The van der Waals surface area contributed by atoms with Crippen LogP contribution in [-0.4, -0.2) is 27.8 Å². The third-order valence-electron chi connectivity index (χ3n) is 3.48. The minimum Gasteiger partial charge on any atom is -0.469 e. The van der Waals surface area contributed by atoms with Gasteiger partial charge < -0.3 is 4.74 Å². The number of halogens is 1.